The maximum absolute atomic E-state index is 12.6. The molecule has 2 fully saturated rings. The average Bonchev–Trinajstić information content (AvgIpc) is 2.88. The predicted octanol–water partition coefficient (Wildman–Crippen LogP) is 2.56. The Morgan fingerprint density at radius 1 is 0.938 bits per heavy atom. The minimum atomic E-state index is 0.0412. The molecule has 1 amide bonds. The zero-order valence-electron chi connectivity index (χ0n) is 18.4. The Bertz CT molecular complexity index is 906. The van der Waals surface area contributed by atoms with Crippen LogP contribution >= 0.6 is 0 Å². The van der Waals surface area contributed by atoms with Crippen molar-refractivity contribution in [3.63, 3.8) is 0 Å². The number of anilines is 1. The average molecular weight is 438 g/mol. The molecule has 7 heteroatoms. The first-order valence-corrected chi connectivity index (χ1v) is 11.6. The first-order valence-electron chi connectivity index (χ1n) is 11.6. The summed E-state index contributed by atoms with van der Waals surface area (Å²) < 4.78 is 17.2. The van der Waals surface area contributed by atoms with Crippen LogP contribution in [-0.2, 0) is 4.74 Å². The summed E-state index contributed by atoms with van der Waals surface area (Å²) in [7, 11) is 0. The number of morpholine rings is 1. The fourth-order valence-electron chi connectivity index (χ4n) is 4.57. The second-order valence-corrected chi connectivity index (χ2v) is 8.62. The van der Waals surface area contributed by atoms with Crippen LogP contribution in [0, 0.1) is 0 Å². The molecule has 0 unspecified atom stereocenters. The van der Waals surface area contributed by atoms with Crippen molar-refractivity contribution in [1.29, 1.82) is 0 Å². The molecular formula is C25H31N3O4. The quantitative estimate of drug-likeness (QED) is 0.776. The molecule has 0 radical (unpaired) electrons. The summed E-state index contributed by atoms with van der Waals surface area (Å²) in [5, 5.41) is 3.66. The van der Waals surface area contributed by atoms with E-state index >= 15 is 0 Å². The van der Waals surface area contributed by atoms with Crippen molar-refractivity contribution in [3.05, 3.63) is 54.1 Å². The van der Waals surface area contributed by atoms with Crippen LogP contribution in [0.2, 0.25) is 0 Å². The summed E-state index contributed by atoms with van der Waals surface area (Å²) in [5.74, 6) is 1.75. The summed E-state index contributed by atoms with van der Waals surface area (Å²) in [6.45, 7) is 5.96. The van der Waals surface area contributed by atoms with E-state index in [4.69, 9.17) is 14.2 Å². The molecule has 1 atom stereocenters. The van der Waals surface area contributed by atoms with E-state index < -0.39 is 0 Å². The highest BCUT2D eigenvalue weighted by Crippen LogP contribution is 2.30. The number of ether oxygens (including phenoxy) is 3. The van der Waals surface area contributed by atoms with E-state index in [1.165, 1.54) is 5.69 Å². The van der Waals surface area contributed by atoms with Crippen molar-refractivity contribution in [1.82, 2.24) is 10.2 Å². The molecule has 170 valence electrons. The Labute approximate surface area is 189 Å². The number of nitrogens with zero attached hydrogens (tertiary/aromatic N) is 2. The van der Waals surface area contributed by atoms with Crippen molar-refractivity contribution in [3.8, 4) is 11.5 Å². The molecule has 3 heterocycles. The van der Waals surface area contributed by atoms with Gasteiger partial charge in [0.1, 0.15) is 12.7 Å². The summed E-state index contributed by atoms with van der Waals surface area (Å²) in [6.07, 6.45) is 2.21. The molecular weight excluding hydrogens is 406 g/mol. The van der Waals surface area contributed by atoms with E-state index in [9.17, 15) is 4.79 Å². The SMILES string of the molecule is O=C(c1ccc(N2CCC(NC[C@@H]3COc4ccccc4O3)CC2)cc1)N1CCOCC1. The third-order valence-electron chi connectivity index (χ3n) is 6.47. The van der Waals surface area contributed by atoms with Crippen LogP contribution in [0.4, 0.5) is 5.69 Å². The molecule has 2 saturated heterocycles. The van der Waals surface area contributed by atoms with Crippen LogP contribution in [-0.4, -0.2) is 75.5 Å². The van der Waals surface area contributed by atoms with E-state index in [2.05, 4.69) is 22.3 Å². The van der Waals surface area contributed by atoms with Crippen LogP contribution in [0.25, 0.3) is 0 Å². The lowest BCUT2D eigenvalue weighted by atomic mass is 10.0. The van der Waals surface area contributed by atoms with E-state index in [1.807, 2.05) is 41.3 Å². The van der Waals surface area contributed by atoms with Gasteiger partial charge in [-0.1, -0.05) is 12.1 Å². The molecule has 2 aromatic rings. The van der Waals surface area contributed by atoms with Gasteiger partial charge in [0.25, 0.3) is 5.91 Å². The number of nitrogens with one attached hydrogen (secondary N) is 1. The molecule has 0 bridgehead atoms. The smallest absolute Gasteiger partial charge is 0.254 e. The van der Waals surface area contributed by atoms with Gasteiger partial charge in [0.05, 0.1) is 13.2 Å². The topological polar surface area (TPSA) is 63.3 Å². The molecule has 0 saturated carbocycles. The Kier molecular flexibility index (Phi) is 6.46. The fraction of sp³-hybridized carbons (Fsp3) is 0.480. The largest absolute Gasteiger partial charge is 0.486 e. The highest BCUT2D eigenvalue weighted by molar-refractivity contribution is 5.94. The number of piperidine rings is 1. The number of carbonyl (C=O) groups is 1. The summed E-state index contributed by atoms with van der Waals surface area (Å²) >= 11 is 0. The molecule has 0 spiro atoms. The Morgan fingerprint density at radius 2 is 1.66 bits per heavy atom. The van der Waals surface area contributed by atoms with Gasteiger partial charge < -0.3 is 29.3 Å². The third-order valence-corrected chi connectivity index (χ3v) is 6.47. The summed E-state index contributed by atoms with van der Waals surface area (Å²) in [5.41, 5.74) is 1.94. The van der Waals surface area contributed by atoms with E-state index in [-0.39, 0.29) is 12.0 Å². The maximum atomic E-state index is 12.6. The molecule has 32 heavy (non-hydrogen) atoms. The van der Waals surface area contributed by atoms with Crippen molar-refractivity contribution in [2.45, 2.75) is 25.0 Å². The first kappa shape index (κ1) is 21.1. The van der Waals surface area contributed by atoms with Crippen LogP contribution in [0.15, 0.2) is 48.5 Å². The third kappa shape index (κ3) is 4.84. The van der Waals surface area contributed by atoms with Gasteiger partial charge in [-0.3, -0.25) is 4.79 Å². The van der Waals surface area contributed by atoms with Crippen LogP contribution in [0.5, 0.6) is 11.5 Å². The monoisotopic (exact) mass is 437 g/mol. The summed E-state index contributed by atoms with van der Waals surface area (Å²) in [6, 6.07) is 16.4. The number of fused-ring (bicyclic) bond motifs is 1. The van der Waals surface area contributed by atoms with Gasteiger partial charge in [-0.05, 0) is 49.2 Å². The zero-order chi connectivity index (χ0) is 21.8. The minimum Gasteiger partial charge on any atom is -0.486 e. The van der Waals surface area contributed by atoms with Gasteiger partial charge in [0.15, 0.2) is 11.5 Å². The standard InChI is InChI=1S/C25H31N3O4/c29-25(28-13-15-30-16-14-28)19-5-7-21(8-6-19)27-11-9-20(10-12-27)26-17-22-18-31-23-3-1-2-4-24(23)32-22/h1-8,20,22,26H,9-18H2/t22-/m1/s1. The normalized spacial score (nSPS) is 21.4. The number of hydrogen-bond acceptors (Lipinski definition) is 6. The molecule has 3 aliphatic heterocycles. The van der Waals surface area contributed by atoms with Crippen molar-refractivity contribution in [2.24, 2.45) is 0 Å². The van der Waals surface area contributed by atoms with Gasteiger partial charge in [-0.15, -0.1) is 0 Å². The number of hydrogen-bond donors (Lipinski definition) is 1. The van der Waals surface area contributed by atoms with Gasteiger partial charge in [-0.2, -0.15) is 0 Å². The Balaban J connectivity index is 1.08. The fourth-order valence-corrected chi connectivity index (χ4v) is 4.57. The van der Waals surface area contributed by atoms with Gasteiger partial charge in [0.2, 0.25) is 0 Å². The Hall–Kier alpha value is -2.77. The van der Waals surface area contributed by atoms with E-state index in [0.29, 0.717) is 39.0 Å². The van der Waals surface area contributed by atoms with Crippen molar-refractivity contribution < 1.29 is 19.0 Å². The van der Waals surface area contributed by atoms with Gasteiger partial charge in [-0.25, -0.2) is 0 Å². The lowest BCUT2D eigenvalue weighted by Crippen LogP contribution is -2.47. The van der Waals surface area contributed by atoms with Crippen LogP contribution in [0.3, 0.4) is 0 Å². The molecule has 0 aromatic heterocycles. The van der Waals surface area contributed by atoms with Crippen LogP contribution in [0.1, 0.15) is 23.2 Å². The second kappa shape index (κ2) is 9.79. The number of amides is 1. The number of para-hydroxylation sites is 2. The zero-order valence-corrected chi connectivity index (χ0v) is 18.4. The minimum absolute atomic E-state index is 0.0412. The highest BCUT2D eigenvalue weighted by Gasteiger charge is 2.24. The Morgan fingerprint density at radius 3 is 2.41 bits per heavy atom. The van der Waals surface area contributed by atoms with Crippen LogP contribution < -0.4 is 19.7 Å². The lowest BCUT2D eigenvalue weighted by Gasteiger charge is -2.35. The molecule has 3 aliphatic rings. The van der Waals surface area contributed by atoms with Crippen molar-refractivity contribution in [2.75, 3.05) is 57.4 Å². The number of carbonyl (C=O) groups excluding carboxylic acids is 1. The molecule has 1 N–H and O–H groups in total. The van der Waals surface area contributed by atoms with Crippen molar-refractivity contribution >= 4 is 11.6 Å². The number of benzene rings is 2. The second-order valence-electron chi connectivity index (χ2n) is 8.62. The molecule has 7 nitrogen and oxygen atoms in total. The maximum Gasteiger partial charge on any atom is 0.254 e. The molecule has 2 aromatic carbocycles. The summed E-state index contributed by atoms with van der Waals surface area (Å²) in [4.78, 5) is 16.9. The molecule has 5 rings (SSSR count). The lowest BCUT2D eigenvalue weighted by molar-refractivity contribution is 0.0303. The first-order chi connectivity index (χ1) is 15.8. The predicted molar refractivity (Wildman–Crippen MR) is 123 cm³/mol. The van der Waals surface area contributed by atoms with E-state index in [0.717, 1.165) is 49.5 Å². The van der Waals surface area contributed by atoms with Gasteiger partial charge in [0, 0.05) is 50.0 Å². The molecule has 0 aliphatic carbocycles. The van der Waals surface area contributed by atoms with E-state index in [1.54, 1.807) is 0 Å². The van der Waals surface area contributed by atoms with Gasteiger partial charge >= 0.3 is 0 Å². The highest BCUT2D eigenvalue weighted by atomic mass is 16.6. The number of rotatable bonds is 5.